The molecule has 1 fully saturated rings. The summed E-state index contributed by atoms with van der Waals surface area (Å²) in [4.78, 5) is 14.9. The molecule has 1 aromatic rings. The summed E-state index contributed by atoms with van der Waals surface area (Å²) in [6, 6.07) is 6.02. The minimum Gasteiger partial charge on any atom is -0.367 e. The van der Waals surface area contributed by atoms with E-state index in [1.54, 1.807) is 0 Å². The molecule has 1 aliphatic rings. The summed E-state index contributed by atoms with van der Waals surface area (Å²) in [7, 11) is 0. The molecule has 104 valence electrons. The molecule has 1 aromatic carbocycles. The van der Waals surface area contributed by atoms with Gasteiger partial charge in [-0.3, -0.25) is 9.69 Å². The summed E-state index contributed by atoms with van der Waals surface area (Å²) in [6.07, 6.45) is 0.811. The number of ether oxygens (including phenoxy) is 1. The molecule has 19 heavy (non-hydrogen) atoms. The molecule has 0 saturated carbocycles. The Morgan fingerprint density at radius 1 is 1.42 bits per heavy atom. The van der Waals surface area contributed by atoms with Crippen LogP contribution in [0.25, 0.3) is 0 Å². The molecule has 0 aromatic heterocycles. The van der Waals surface area contributed by atoms with Crippen molar-refractivity contribution in [3.8, 4) is 0 Å². The monoisotopic (exact) mass is 261 g/mol. The zero-order valence-corrected chi connectivity index (χ0v) is 12.1. The first-order valence-corrected chi connectivity index (χ1v) is 7.07. The number of benzene rings is 1. The normalized spacial score (nSPS) is 20.5. The molecule has 0 amide bonds. The zero-order valence-electron chi connectivity index (χ0n) is 12.1. The molecule has 0 spiro atoms. The molecule has 1 atom stereocenters. The first-order chi connectivity index (χ1) is 9.11. The van der Waals surface area contributed by atoms with Gasteiger partial charge in [-0.25, -0.2) is 0 Å². The highest BCUT2D eigenvalue weighted by molar-refractivity contribution is 6.01. The molecule has 1 unspecified atom stereocenters. The Morgan fingerprint density at radius 2 is 2.21 bits per heavy atom. The maximum atomic E-state index is 12.6. The average Bonchev–Trinajstić information content (AvgIpc) is 2.41. The number of hydrogen-bond acceptors (Lipinski definition) is 3. The minimum absolute atomic E-state index is 0.127. The van der Waals surface area contributed by atoms with Crippen LogP contribution in [0, 0.1) is 13.8 Å². The Bertz CT molecular complexity index is 454. The fourth-order valence-corrected chi connectivity index (χ4v) is 2.56. The van der Waals surface area contributed by atoms with Crippen LogP contribution in [-0.4, -0.2) is 43.0 Å². The van der Waals surface area contributed by atoms with E-state index in [0.29, 0.717) is 6.61 Å². The third-order valence-corrected chi connectivity index (χ3v) is 3.64. The van der Waals surface area contributed by atoms with E-state index in [4.69, 9.17) is 4.74 Å². The summed E-state index contributed by atoms with van der Waals surface area (Å²) < 4.78 is 5.67. The molecule has 3 heteroatoms. The molecule has 1 saturated heterocycles. The van der Waals surface area contributed by atoms with Gasteiger partial charge in [-0.15, -0.1) is 0 Å². The van der Waals surface area contributed by atoms with Gasteiger partial charge in [0.25, 0.3) is 0 Å². The summed E-state index contributed by atoms with van der Waals surface area (Å²) >= 11 is 0. The van der Waals surface area contributed by atoms with E-state index >= 15 is 0 Å². The van der Waals surface area contributed by atoms with Gasteiger partial charge < -0.3 is 4.74 Å². The first kappa shape index (κ1) is 14.2. The van der Waals surface area contributed by atoms with E-state index in [1.807, 2.05) is 32.0 Å². The van der Waals surface area contributed by atoms with Crippen LogP contribution in [-0.2, 0) is 4.74 Å². The standard InChI is InChI=1S/C16H23NO2/c1-4-7-17-8-9-19-15(11-17)16(18)14-10-12(2)5-6-13(14)3/h5-6,10,15H,4,7-9,11H2,1-3H3. The predicted octanol–water partition coefficient (Wildman–Crippen LogP) is 2.60. The molecule has 0 aliphatic carbocycles. The van der Waals surface area contributed by atoms with Crippen LogP contribution in [0.4, 0.5) is 0 Å². The van der Waals surface area contributed by atoms with E-state index < -0.39 is 0 Å². The molecule has 0 bridgehead atoms. The summed E-state index contributed by atoms with van der Waals surface area (Å²) in [5.41, 5.74) is 2.96. The third-order valence-electron chi connectivity index (χ3n) is 3.64. The number of carbonyl (C=O) groups excluding carboxylic acids is 1. The number of morpholine rings is 1. The predicted molar refractivity (Wildman–Crippen MR) is 76.7 cm³/mol. The molecular formula is C16H23NO2. The van der Waals surface area contributed by atoms with Crippen LogP contribution in [0.15, 0.2) is 18.2 Å². The maximum absolute atomic E-state index is 12.6. The van der Waals surface area contributed by atoms with E-state index in [9.17, 15) is 4.79 Å². The lowest BCUT2D eigenvalue weighted by Crippen LogP contribution is -2.46. The van der Waals surface area contributed by atoms with Crippen LogP contribution in [0.1, 0.15) is 34.8 Å². The lowest BCUT2D eigenvalue weighted by atomic mass is 9.98. The summed E-state index contributed by atoms with van der Waals surface area (Å²) in [5.74, 6) is 0.127. The van der Waals surface area contributed by atoms with Crippen molar-refractivity contribution in [2.75, 3.05) is 26.2 Å². The average molecular weight is 261 g/mol. The van der Waals surface area contributed by atoms with Crippen molar-refractivity contribution in [1.29, 1.82) is 0 Å². The maximum Gasteiger partial charge on any atom is 0.193 e. The molecular weight excluding hydrogens is 238 g/mol. The number of Topliss-reactive ketones (excluding diaryl/α,β-unsaturated/α-hetero) is 1. The molecule has 0 radical (unpaired) electrons. The van der Waals surface area contributed by atoms with E-state index in [2.05, 4.69) is 11.8 Å². The molecule has 1 aliphatic heterocycles. The van der Waals surface area contributed by atoms with Gasteiger partial charge in [-0.2, -0.15) is 0 Å². The zero-order chi connectivity index (χ0) is 13.8. The third kappa shape index (κ3) is 3.43. The lowest BCUT2D eigenvalue weighted by molar-refractivity contribution is -0.0164. The Labute approximate surface area is 115 Å². The van der Waals surface area contributed by atoms with Crippen LogP contribution in [0.3, 0.4) is 0 Å². The molecule has 0 N–H and O–H groups in total. The topological polar surface area (TPSA) is 29.5 Å². The SMILES string of the molecule is CCCN1CCOC(C(=O)c2cc(C)ccc2C)C1. The minimum atomic E-state index is -0.305. The largest absolute Gasteiger partial charge is 0.367 e. The number of nitrogens with zero attached hydrogens (tertiary/aromatic N) is 1. The highest BCUT2D eigenvalue weighted by Crippen LogP contribution is 2.17. The van der Waals surface area contributed by atoms with Crippen LogP contribution < -0.4 is 0 Å². The Morgan fingerprint density at radius 3 is 2.95 bits per heavy atom. The quantitative estimate of drug-likeness (QED) is 0.780. The summed E-state index contributed by atoms with van der Waals surface area (Å²) in [5, 5.41) is 0. The van der Waals surface area contributed by atoms with Crippen molar-refractivity contribution in [3.63, 3.8) is 0 Å². The fourth-order valence-electron chi connectivity index (χ4n) is 2.56. The van der Waals surface area contributed by atoms with Gasteiger partial charge in [-0.1, -0.05) is 24.6 Å². The van der Waals surface area contributed by atoms with Crippen molar-refractivity contribution in [2.24, 2.45) is 0 Å². The highest BCUT2D eigenvalue weighted by atomic mass is 16.5. The first-order valence-electron chi connectivity index (χ1n) is 7.07. The molecule has 2 rings (SSSR count). The van der Waals surface area contributed by atoms with Crippen molar-refractivity contribution in [3.05, 3.63) is 34.9 Å². The Hall–Kier alpha value is -1.19. The van der Waals surface area contributed by atoms with Gasteiger partial charge in [-0.05, 0) is 38.4 Å². The van der Waals surface area contributed by atoms with Gasteiger partial charge in [0.05, 0.1) is 6.61 Å². The highest BCUT2D eigenvalue weighted by Gasteiger charge is 2.27. The Kier molecular flexibility index (Phi) is 4.72. The van der Waals surface area contributed by atoms with Crippen molar-refractivity contribution in [1.82, 2.24) is 4.90 Å². The molecule has 3 nitrogen and oxygen atoms in total. The number of carbonyl (C=O) groups is 1. The van der Waals surface area contributed by atoms with Crippen molar-refractivity contribution in [2.45, 2.75) is 33.3 Å². The van der Waals surface area contributed by atoms with Crippen molar-refractivity contribution < 1.29 is 9.53 Å². The second-order valence-corrected chi connectivity index (χ2v) is 5.34. The van der Waals surface area contributed by atoms with E-state index in [1.165, 1.54) is 0 Å². The van der Waals surface area contributed by atoms with Crippen LogP contribution in [0.5, 0.6) is 0 Å². The number of ketones is 1. The smallest absolute Gasteiger partial charge is 0.193 e. The fraction of sp³-hybridized carbons (Fsp3) is 0.562. The van der Waals surface area contributed by atoms with Gasteiger partial charge >= 0.3 is 0 Å². The number of aryl methyl sites for hydroxylation is 2. The van der Waals surface area contributed by atoms with Crippen molar-refractivity contribution >= 4 is 5.78 Å². The van der Waals surface area contributed by atoms with E-state index in [-0.39, 0.29) is 11.9 Å². The van der Waals surface area contributed by atoms with Gasteiger partial charge in [0.1, 0.15) is 6.10 Å². The second-order valence-electron chi connectivity index (χ2n) is 5.34. The van der Waals surface area contributed by atoms with Gasteiger partial charge in [0.15, 0.2) is 5.78 Å². The van der Waals surface area contributed by atoms with Crippen LogP contribution in [0.2, 0.25) is 0 Å². The number of hydrogen-bond donors (Lipinski definition) is 0. The van der Waals surface area contributed by atoms with Gasteiger partial charge in [0.2, 0.25) is 0 Å². The number of rotatable bonds is 4. The lowest BCUT2D eigenvalue weighted by Gasteiger charge is -2.32. The second kappa shape index (κ2) is 6.31. The Balaban J connectivity index is 2.12. The van der Waals surface area contributed by atoms with E-state index in [0.717, 1.165) is 42.7 Å². The van der Waals surface area contributed by atoms with Gasteiger partial charge in [0, 0.05) is 18.7 Å². The molecule has 1 heterocycles. The van der Waals surface area contributed by atoms with Crippen LogP contribution >= 0.6 is 0 Å². The summed E-state index contributed by atoms with van der Waals surface area (Å²) in [6.45, 7) is 9.52.